The molecule has 0 bridgehead atoms. The first kappa shape index (κ1) is 13.0. The zero-order valence-corrected chi connectivity index (χ0v) is 10.9. The van der Waals surface area contributed by atoms with Gasteiger partial charge in [0.1, 0.15) is 0 Å². The van der Waals surface area contributed by atoms with Crippen LogP contribution >= 0.6 is 0 Å². The van der Waals surface area contributed by atoms with Crippen LogP contribution in [0.1, 0.15) is 66.2 Å². The molecular weight excluding hydrogens is 184 g/mol. The molecule has 0 aromatic rings. The quantitative estimate of drug-likeness (QED) is 0.747. The molecule has 0 unspecified atom stereocenters. The van der Waals surface area contributed by atoms with Crippen molar-refractivity contribution in [3.05, 3.63) is 0 Å². The minimum absolute atomic E-state index is 0.426. The van der Waals surface area contributed by atoms with Crippen LogP contribution in [0.3, 0.4) is 0 Å². The molecular formula is C14H28O. The molecule has 0 saturated heterocycles. The van der Waals surface area contributed by atoms with E-state index in [-0.39, 0.29) is 0 Å². The molecule has 90 valence electrons. The van der Waals surface area contributed by atoms with Crippen LogP contribution in [-0.2, 0) is 0 Å². The molecule has 1 heteroatoms. The van der Waals surface area contributed by atoms with Crippen LogP contribution in [0.2, 0.25) is 0 Å². The summed E-state index contributed by atoms with van der Waals surface area (Å²) in [6.07, 6.45) is 7.56. The summed E-state index contributed by atoms with van der Waals surface area (Å²) < 4.78 is 0. The molecule has 0 spiro atoms. The second kappa shape index (κ2) is 5.34. The van der Waals surface area contributed by atoms with Crippen LogP contribution in [0.5, 0.6) is 0 Å². The van der Waals surface area contributed by atoms with E-state index < -0.39 is 5.60 Å². The number of hydrogen-bond acceptors (Lipinski definition) is 1. The average Bonchev–Trinajstić information content (AvgIpc) is 2.27. The lowest BCUT2D eigenvalue weighted by Crippen LogP contribution is -2.45. The molecule has 1 saturated carbocycles. The predicted octanol–water partition coefficient (Wildman–Crippen LogP) is 4.00. The highest BCUT2D eigenvalue weighted by Crippen LogP contribution is 2.42. The van der Waals surface area contributed by atoms with Crippen molar-refractivity contribution >= 4 is 0 Å². The van der Waals surface area contributed by atoms with Crippen LogP contribution < -0.4 is 0 Å². The third-order valence-electron chi connectivity index (χ3n) is 4.79. The van der Waals surface area contributed by atoms with Crippen LogP contribution in [0.15, 0.2) is 0 Å². The van der Waals surface area contributed by atoms with Gasteiger partial charge >= 0.3 is 0 Å². The van der Waals surface area contributed by atoms with E-state index in [0.29, 0.717) is 11.8 Å². The molecule has 1 aliphatic carbocycles. The summed E-state index contributed by atoms with van der Waals surface area (Å²) in [4.78, 5) is 0. The molecule has 1 nitrogen and oxygen atoms in total. The van der Waals surface area contributed by atoms with Crippen molar-refractivity contribution in [1.29, 1.82) is 0 Å². The Morgan fingerprint density at radius 1 is 1.27 bits per heavy atom. The van der Waals surface area contributed by atoms with Crippen LogP contribution in [-0.4, -0.2) is 10.7 Å². The SMILES string of the molecule is CC[C@@H]1CCCC[C@@H]1[C@](C)(O)[C@@H](C)CC. The zero-order chi connectivity index (χ0) is 11.5. The Balaban J connectivity index is 2.73. The number of rotatable bonds is 4. The number of hydrogen-bond donors (Lipinski definition) is 1. The summed E-state index contributed by atoms with van der Waals surface area (Å²) in [6, 6.07) is 0. The molecule has 1 aliphatic rings. The zero-order valence-electron chi connectivity index (χ0n) is 10.9. The van der Waals surface area contributed by atoms with E-state index >= 15 is 0 Å². The lowest BCUT2D eigenvalue weighted by molar-refractivity contribution is -0.0831. The Hall–Kier alpha value is -0.0400. The van der Waals surface area contributed by atoms with Gasteiger partial charge in [-0.15, -0.1) is 0 Å². The second-order valence-corrected chi connectivity index (χ2v) is 5.59. The van der Waals surface area contributed by atoms with E-state index in [9.17, 15) is 5.11 Å². The molecule has 0 amide bonds. The Morgan fingerprint density at radius 2 is 1.87 bits per heavy atom. The van der Waals surface area contributed by atoms with Crippen molar-refractivity contribution in [3.8, 4) is 0 Å². The smallest absolute Gasteiger partial charge is 0.0675 e. The summed E-state index contributed by atoms with van der Waals surface area (Å²) in [5.41, 5.74) is -0.449. The molecule has 0 aromatic heterocycles. The third-order valence-corrected chi connectivity index (χ3v) is 4.79. The van der Waals surface area contributed by atoms with E-state index in [4.69, 9.17) is 0 Å². The van der Waals surface area contributed by atoms with Crippen LogP contribution in [0.4, 0.5) is 0 Å². The summed E-state index contributed by atoms with van der Waals surface area (Å²) in [5.74, 6) is 1.71. The predicted molar refractivity (Wildman–Crippen MR) is 65.8 cm³/mol. The van der Waals surface area contributed by atoms with E-state index in [1.165, 1.54) is 32.1 Å². The Kier molecular flexibility index (Phi) is 4.64. The van der Waals surface area contributed by atoms with Crippen molar-refractivity contribution in [2.45, 2.75) is 71.8 Å². The van der Waals surface area contributed by atoms with Gasteiger partial charge < -0.3 is 5.11 Å². The Labute approximate surface area is 95.3 Å². The highest BCUT2D eigenvalue weighted by atomic mass is 16.3. The Morgan fingerprint density at radius 3 is 2.40 bits per heavy atom. The van der Waals surface area contributed by atoms with Crippen molar-refractivity contribution in [3.63, 3.8) is 0 Å². The fraction of sp³-hybridized carbons (Fsp3) is 1.00. The highest BCUT2D eigenvalue weighted by molar-refractivity contribution is 4.91. The topological polar surface area (TPSA) is 20.2 Å². The maximum absolute atomic E-state index is 10.7. The van der Waals surface area contributed by atoms with Crippen molar-refractivity contribution in [2.24, 2.45) is 17.8 Å². The van der Waals surface area contributed by atoms with Gasteiger partial charge in [-0.3, -0.25) is 0 Å². The first-order chi connectivity index (χ1) is 7.04. The van der Waals surface area contributed by atoms with Gasteiger partial charge in [-0.05, 0) is 31.1 Å². The first-order valence-electron chi connectivity index (χ1n) is 6.76. The van der Waals surface area contributed by atoms with Gasteiger partial charge in [-0.1, -0.05) is 52.9 Å². The minimum atomic E-state index is -0.449. The lowest BCUT2D eigenvalue weighted by Gasteiger charge is -2.44. The molecule has 0 aliphatic heterocycles. The molecule has 0 radical (unpaired) electrons. The van der Waals surface area contributed by atoms with E-state index in [2.05, 4.69) is 27.7 Å². The maximum atomic E-state index is 10.7. The van der Waals surface area contributed by atoms with Crippen molar-refractivity contribution in [1.82, 2.24) is 0 Å². The van der Waals surface area contributed by atoms with Gasteiger partial charge in [0.25, 0.3) is 0 Å². The average molecular weight is 212 g/mol. The highest BCUT2D eigenvalue weighted by Gasteiger charge is 2.40. The van der Waals surface area contributed by atoms with E-state index in [1.807, 2.05) is 0 Å². The third kappa shape index (κ3) is 2.75. The van der Waals surface area contributed by atoms with Gasteiger partial charge in [0.2, 0.25) is 0 Å². The number of aliphatic hydroxyl groups is 1. The fourth-order valence-corrected chi connectivity index (χ4v) is 3.24. The normalized spacial score (nSPS) is 33.4. The van der Waals surface area contributed by atoms with Gasteiger partial charge in [0.15, 0.2) is 0 Å². The molecule has 1 rings (SSSR count). The summed E-state index contributed by atoms with van der Waals surface area (Å²) in [6.45, 7) is 8.72. The maximum Gasteiger partial charge on any atom is 0.0675 e. The Bertz CT molecular complexity index is 186. The minimum Gasteiger partial charge on any atom is -0.390 e. The second-order valence-electron chi connectivity index (χ2n) is 5.59. The van der Waals surface area contributed by atoms with Gasteiger partial charge in [-0.25, -0.2) is 0 Å². The molecule has 4 atom stereocenters. The van der Waals surface area contributed by atoms with Crippen LogP contribution in [0.25, 0.3) is 0 Å². The summed E-state index contributed by atoms with van der Waals surface area (Å²) >= 11 is 0. The monoisotopic (exact) mass is 212 g/mol. The molecule has 0 heterocycles. The van der Waals surface area contributed by atoms with Gasteiger partial charge in [0, 0.05) is 0 Å². The molecule has 0 aromatic carbocycles. The van der Waals surface area contributed by atoms with E-state index in [1.54, 1.807) is 0 Å². The summed E-state index contributed by atoms with van der Waals surface area (Å²) in [7, 11) is 0. The van der Waals surface area contributed by atoms with Gasteiger partial charge in [-0.2, -0.15) is 0 Å². The standard InChI is InChI=1S/C14H28O/c1-5-11(3)14(4,15)13-10-8-7-9-12(13)6-2/h11-13,15H,5-10H2,1-4H3/t11-,12+,13-,14+/m0/s1. The molecule has 1 N–H and O–H groups in total. The van der Waals surface area contributed by atoms with E-state index in [0.717, 1.165) is 12.3 Å². The lowest BCUT2D eigenvalue weighted by atomic mass is 9.65. The van der Waals surface area contributed by atoms with Crippen molar-refractivity contribution < 1.29 is 5.11 Å². The van der Waals surface area contributed by atoms with Crippen molar-refractivity contribution in [2.75, 3.05) is 0 Å². The molecule has 15 heavy (non-hydrogen) atoms. The first-order valence-corrected chi connectivity index (χ1v) is 6.76. The van der Waals surface area contributed by atoms with Gasteiger partial charge in [0.05, 0.1) is 5.60 Å². The van der Waals surface area contributed by atoms with Crippen LogP contribution in [0, 0.1) is 17.8 Å². The fourth-order valence-electron chi connectivity index (χ4n) is 3.24. The molecule has 1 fully saturated rings. The summed E-state index contributed by atoms with van der Waals surface area (Å²) in [5, 5.41) is 10.7. The largest absolute Gasteiger partial charge is 0.390 e.